The summed E-state index contributed by atoms with van der Waals surface area (Å²) in [5.41, 5.74) is 1.08. The minimum atomic E-state index is 0. The monoisotopic (exact) mass is 293 g/mol. The van der Waals surface area contributed by atoms with Crippen LogP contribution in [0.1, 0.15) is 33.3 Å². The highest BCUT2D eigenvalue weighted by Gasteiger charge is 2.28. The van der Waals surface area contributed by atoms with E-state index in [1.807, 2.05) is 6.07 Å². The molecule has 1 aliphatic rings. The maximum absolute atomic E-state index is 11.6. The zero-order valence-electron chi connectivity index (χ0n) is 13.3. The highest BCUT2D eigenvalue weighted by Crippen LogP contribution is 2.19. The van der Waals surface area contributed by atoms with Gasteiger partial charge in [-0.1, -0.05) is 13.8 Å². The Morgan fingerprint density at radius 2 is 2.24 bits per heavy atom. The van der Waals surface area contributed by atoms with Crippen molar-refractivity contribution in [2.24, 2.45) is 0 Å². The van der Waals surface area contributed by atoms with Crippen molar-refractivity contribution in [1.29, 1.82) is 0 Å². The van der Waals surface area contributed by atoms with Gasteiger partial charge in [0.05, 0.1) is 12.6 Å². The fourth-order valence-corrected chi connectivity index (χ4v) is 2.26. The number of anilines is 1. The van der Waals surface area contributed by atoms with E-state index in [0.717, 1.165) is 31.0 Å². The van der Waals surface area contributed by atoms with Crippen LogP contribution in [0.15, 0.2) is 12.4 Å². The molecule has 6 nitrogen and oxygen atoms in total. The maximum atomic E-state index is 11.6. The largest absolute Gasteiger partial charge is 0.365 e. The summed E-state index contributed by atoms with van der Waals surface area (Å²) in [5, 5.41) is 3.41. The fourth-order valence-electron chi connectivity index (χ4n) is 2.26. The Balaban J connectivity index is 0.00000242. The molecule has 1 aromatic rings. The lowest BCUT2D eigenvalue weighted by Crippen LogP contribution is -2.57. The second kappa shape index (κ2) is 6.85. The molecule has 1 amide bonds. The van der Waals surface area contributed by atoms with Gasteiger partial charge in [0, 0.05) is 40.4 Å². The van der Waals surface area contributed by atoms with Crippen LogP contribution in [0.25, 0.3) is 0 Å². The van der Waals surface area contributed by atoms with Gasteiger partial charge in [-0.25, -0.2) is 9.97 Å². The predicted molar refractivity (Wildman–Crippen MR) is 85.4 cm³/mol. The van der Waals surface area contributed by atoms with E-state index in [0.29, 0.717) is 18.5 Å². The minimum Gasteiger partial charge on any atom is -0.365 e. The van der Waals surface area contributed by atoms with Crippen LogP contribution in [0.2, 0.25) is 0 Å². The van der Waals surface area contributed by atoms with Crippen molar-refractivity contribution in [3.05, 3.63) is 18.1 Å². The van der Waals surface area contributed by atoms with Gasteiger partial charge in [-0.3, -0.25) is 9.69 Å². The van der Waals surface area contributed by atoms with Crippen LogP contribution in [-0.4, -0.2) is 65.4 Å². The Bertz CT molecular complexity index is 491. The number of nitrogens with one attached hydrogen (secondary N) is 1. The van der Waals surface area contributed by atoms with Crippen molar-refractivity contribution in [2.75, 3.05) is 39.0 Å². The normalized spacial score (nSPS) is 17.1. The second-order valence-electron chi connectivity index (χ2n) is 5.96. The SMILES string of the molecule is CCC(C)c1cc(NC2CN(CC(=O)N(C)C)C2)ncn1.[HH]. The Morgan fingerprint density at radius 3 is 2.86 bits per heavy atom. The van der Waals surface area contributed by atoms with E-state index < -0.39 is 0 Å². The number of carbonyl (C=O) groups excluding carboxylic acids is 1. The first-order valence-corrected chi connectivity index (χ1v) is 7.50. The zero-order valence-corrected chi connectivity index (χ0v) is 13.3. The van der Waals surface area contributed by atoms with Crippen molar-refractivity contribution in [3.8, 4) is 0 Å². The summed E-state index contributed by atoms with van der Waals surface area (Å²) in [4.78, 5) is 24.0. The molecule has 118 valence electrons. The predicted octanol–water partition coefficient (Wildman–Crippen LogP) is 1.42. The highest BCUT2D eigenvalue weighted by atomic mass is 16.2. The molecule has 1 atom stereocenters. The molecule has 1 saturated heterocycles. The van der Waals surface area contributed by atoms with Gasteiger partial charge in [0.25, 0.3) is 0 Å². The van der Waals surface area contributed by atoms with E-state index in [2.05, 4.69) is 34.0 Å². The van der Waals surface area contributed by atoms with Crippen molar-refractivity contribution < 1.29 is 6.22 Å². The van der Waals surface area contributed by atoms with Crippen LogP contribution in [0.3, 0.4) is 0 Å². The third-order valence-corrected chi connectivity index (χ3v) is 3.97. The molecule has 2 rings (SSSR count). The number of likely N-dealkylation sites (tertiary alicyclic amines) is 1. The molecule has 21 heavy (non-hydrogen) atoms. The lowest BCUT2D eigenvalue weighted by Gasteiger charge is -2.39. The molecule has 1 unspecified atom stereocenters. The number of hydrogen-bond acceptors (Lipinski definition) is 5. The van der Waals surface area contributed by atoms with Gasteiger partial charge in [-0.05, 0) is 12.3 Å². The molecular weight excluding hydrogens is 266 g/mol. The number of hydrogen-bond donors (Lipinski definition) is 1. The van der Waals surface area contributed by atoms with E-state index in [1.54, 1.807) is 25.3 Å². The second-order valence-corrected chi connectivity index (χ2v) is 5.96. The van der Waals surface area contributed by atoms with Crippen LogP contribution in [0.5, 0.6) is 0 Å². The average Bonchev–Trinajstić information content (AvgIpc) is 2.44. The molecule has 1 N–H and O–H groups in total. The van der Waals surface area contributed by atoms with E-state index in [1.165, 1.54) is 0 Å². The van der Waals surface area contributed by atoms with Crippen LogP contribution in [0, 0.1) is 0 Å². The molecule has 6 heteroatoms. The summed E-state index contributed by atoms with van der Waals surface area (Å²) in [5.74, 6) is 1.47. The summed E-state index contributed by atoms with van der Waals surface area (Å²) in [6.07, 6.45) is 2.69. The van der Waals surface area contributed by atoms with Crippen LogP contribution in [-0.2, 0) is 4.79 Å². The number of carbonyl (C=O) groups is 1. The van der Waals surface area contributed by atoms with Gasteiger partial charge in [-0.15, -0.1) is 0 Å². The van der Waals surface area contributed by atoms with Crippen LogP contribution >= 0.6 is 0 Å². The summed E-state index contributed by atoms with van der Waals surface area (Å²) < 4.78 is 0. The Kier molecular flexibility index (Phi) is 5.12. The molecule has 0 aliphatic carbocycles. The van der Waals surface area contributed by atoms with Crippen molar-refractivity contribution in [2.45, 2.75) is 32.2 Å². The number of nitrogens with zero attached hydrogens (tertiary/aromatic N) is 4. The average molecular weight is 293 g/mol. The molecule has 0 spiro atoms. The van der Waals surface area contributed by atoms with Crippen LogP contribution < -0.4 is 5.32 Å². The zero-order chi connectivity index (χ0) is 15.4. The van der Waals surface area contributed by atoms with Crippen molar-refractivity contribution in [3.63, 3.8) is 0 Å². The molecule has 0 bridgehead atoms. The molecule has 0 aromatic carbocycles. The van der Waals surface area contributed by atoms with Gasteiger partial charge >= 0.3 is 0 Å². The molecular formula is C15H27N5O. The quantitative estimate of drug-likeness (QED) is 0.859. The number of amides is 1. The first-order chi connectivity index (χ1) is 9.99. The van der Waals surface area contributed by atoms with E-state index in [4.69, 9.17) is 0 Å². The number of rotatable bonds is 6. The van der Waals surface area contributed by atoms with Crippen molar-refractivity contribution >= 4 is 11.7 Å². The van der Waals surface area contributed by atoms with Gasteiger partial charge in [0.2, 0.25) is 5.91 Å². The van der Waals surface area contributed by atoms with E-state index in [9.17, 15) is 4.79 Å². The van der Waals surface area contributed by atoms with E-state index >= 15 is 0 Å². The molecule has 0 saturated carbocycles. The summed E-state index contributed by atoms with van der Waals surface area (Å²) in [7, 11) is 3.57. The third-order valence-electron chi connectivity index (χ3n) is 3.97. The Hall–Kier alpha value is -1.69. The summed E-state index contributed by atoms with van der Waals surface area (Å²) in [6.45, 7) is 6.58. The van der Waals surface area contributed by atoms with Gasteiger partial charge < -0.3 is 10.2 Å². The lowest BCUT2D eigenvalue weighted by atomic mass is 10.0. The fraction of sp³-hybridized carbons (Fsp3) is 0.667. The van der Waals surface area contributed by atoms with Gasteiger partial charge in [-0.2, -0.15) is 0 Å². The Labute approximate surface area is 128 Å². The molecule has 1 aromatic heterocycles. The van der Waals surface area contributed by atoms with Crippen molar-refractivity contribution in [1.82, 2.24) is 19.8 Å². The topological polar surface area (TPSA) is 61.4 Å². The van der Waals surface area contributed by atoms with E-state index in [-0.39, 0.29) is 7.33 Å². The lowest BCUT2D eigenvalue weighted by molar-refractivity contribution is -0.130. The van der Waals surface area contributed by atoms with Gasteiger partial charge in [0.1, 0.15) is 12.1 Å². The molecule has 0 radical (unpaired) electrons. The molecule has 1 aliphatic heterocycles. The summed E-state index contributed by atoms with van der Waals surface area (Å²) in [6, 6.07) is 2.39. The first kappa shape index (κ1) is 15.7. The number of aromatic nitrogens is 2. The van der Waals surface area contributed by atoms with Crippen LogP contribution in [0.4, 0.5) is 5.82 Å². The smallest absolute Gasteiger partial charge is 0.236 e. The first-order valence-electron chi connectivity index (χ1n) is 7.50. The number of likely N-dealkylation sites (N-methyl/N-ethyl adjacent to an activating group) is 1. The standard InChI is InChI=1S/C15H25N5O.H2/c1-5-11(2)13-6-14(17-10-16-13)18-12-7-20(8-12)9-15(21)19(3)4;/h6,10-12H,5,7-9H2,1-4H3,(H,16,17,18);1H. The third kappa shape index (κ3) is 4.14. The maximum Gasteiger partial charge on any atom is 0.236 e. The Morgan fingerprint density at radius 1 is 1.52 bits per heavy atom. The molecule has 1 fully saturated rings. The van der Waals surface area contributed by atoms with Gasteiger partial charge in [0.15, 0.2) is 0 Å². The molecule has 2 heterocycles. The summed E-state index contributed by atoms with van der Waals surface area (Å²) >= 11 is 0. The highest BCUT2D eigenvalue weighted by molar-refractivity contribution is 5.77. The minimum absolute atomic E-state index is 0.